The summed E-state index contributed by atoms with van der Waals surface area (Å²) in [5.74, 6) is 0.848. The first-order valence-electron chi connectivity index (χ1n) is 6.83. The van der Waals surface area contributed by atoms with Crippen LogP contribution in [-0.2, 0) is 6.42 Å². The highest BCUT2D eigenvalue weighted by atomic mass is 35.5. The van der Waals surface area contributed by atoms with Crippen molar-refractivity contribution in [1.82, 2.24) is 15.0 Å². The van der Waals surface area contributed by atoms with Crippen molar-refractivity contribution in [2.24, 2.45) is 0 Å². The summed E-state index contributed by atoms with van der Waals surface area (Å²) < 4.78 is 18.3. The van der Waals surface area contributed by atoms with E-state index in [1.165, 1.54) is 18.5 Å². The molecule has 3 N–H and O–H groups in total. The Bertz CT molecular complexity index is 806. The van der Waals surface area contributed by atoms with Gasteiger partial charge in [0.05, 0.1) is 5.69 Å². The molecule has 0 spiro atoms. The number of nitrogens with two attached hydrogens (primary N) is 1. The predicted octanol–water partition coefficient (Wildman–Crippen LogP) is 3.16. The maximum Gasteiger partial charge on any atom is 0.226 e. The van der Waals surface area contributed by atoms with Gasteiger partial charge in [-0.2, -0.15) is 0 Å². The molecule has 3 aromatic rings. The molecule has 0 bridgehead atoms. The van der Waals surface area contributed by atoms with Crippen molar-refractivity contribution < 1.29 is 8.81 Å². The third-order valence-corrected chi connectivity index (χ3v) is 3.51. The summed E-state index contributed by atoms with van der Waals surface area (Å²) in [5.41, 5.74) is 7.08. The fourth-order valence-electron chi connectivity index (χ4n) is 1.96. The third kappa shape index (κ3) is 3.57. The standard InChI is InChI=1S/C15H13ClFN5O/c16-12-13(18)20-8-21-14(12)19-6-5-11-7-23-15(22-11)9-1-3-10(17)4-2-9/h1-4,7-8H,5-6H2,(H3,18,19,20,21). The molecule has 0 unspecified atom stereocenters. The van der Waals surface area contributed by atoms with Crippen LogP contribution < -0.4 is 11.1 Å². The Kier molecular flexibility index (Phi) is 4.38. The molecule has 2 aromatic heterocycles. The van der Waals surface area contributed by atoms with Gasteiger partial charge in [0.15, 0.2) is 0 Å². The molecule has 0 radical (unpaired) electrons. The lowest BCUT2D eigenvalue weighted by Gasteiger charge is -2.06. The summed E-state index contributed by atoms with van der Waals surface area (Å²) in [6.45, 7) is 0.547. The summed E-state index contributed by atoms with van der Waals surface area (Å²) in [6.07, 6.45) is 3.51. The molecule has 0 saturated carbocycles. The van der Waals surface area contributed by atoms with Gasteiger partial charge in [-0.15, -0.1) is 0 Å². The van der Waals surface area contributed by atoms with E-state index in [9.17, 15) is 4.39 Å². The molecule has 23 heavy (non-hydrogen) atoms. The van der Waals surface area contributed by atoms with Gasteiger partial charge < -0.3 is 15.5 Å². The van der Waals surface area contributed by atoms with Crippen LogP contribution in [0.25, 0.3) is 11.5 Å². The van der Waals surface area contributed by atoms with Gasteiger partial charge in [0.25, 0.3) is 0 Å². The molecule has 0 aliphatic heterocycles. The van der Waals surface area contributed by atoms with Gasteiger partial charge in [0.2, 0.25) is 5.89 Å². The Morgan fingerprint density at radius 3 is 2.78 bits per heavy atom. The zero-order chi connectivity index (χ0) is 16.2. The van der Waals surface area contributed by atoms with Crippen LogP contribution in [-0.4, -0.2) is 21.5 Å². The second-order valence-corrected chi connectivity index (χ2v) is 5.13. The number of hydrogen-bond acceptors (Lipinski definition) is 6. The number of benzene rings is 1. The minimum absolute atomic E-state index is 0.226. The first-order chi connectivity index (χ1) is 11.1. The van der Waals surface area contributed by atoms with Crippen LogP contribution in [0.3, 0.4) is 0 Å². The Balaban J connectivity index is 1.61. The molecule has 0 aliphatic rings. The first kappa shape index (κ1) is 15.2. The monoisotopic (exact) mass is 333 g/mol. The molecule has 2 heterocycles. The number of oxazole rings is 1. The van der Waals surface area contributed by atoms with Crippen LogP contribution in [0.1, 0.15) is 5.69 Å². The Labute approximate surface area is 136 Å². The zero-order valence-electron chi connectivity index (χ0n) is 12.0. The Morgan fingerprint density at radius 1 is 1.22 bits per heavy atom. The summed E-state index contributed by atoms with van der Waals surface area (Å²) in [5, 5.41) is 3.36. The lowest BCUT2D eigenvalue weighted by Crippen LogP contribution is -2.08. The van der Waals surface area contributed by atoms with Gasteiger partial charge in [0, 0.05) is 18.5 Å². The van der Waals surface area contributed by atoms with Gasteiger partial charge in [-0.1, -0.05) is 11.6 Å². The quantitative estimate of drug-likeness (QED) is 0.745. The summed E-state index contributed by atoms with van der Waals surface area (Å²) in [7, 11) is 0. The van der Waals surface area contributed by atoms with E-state index in [1.54, 1.807) is 18.4 Å². The average Bonchev–Trinajstić information content (AvgIpc) is 3.01. The van der Waals surface area contributed by atoms with E-state index in [0.29, 0.717) is 29.7 Å². The van der Waals surface area contributed by atoms with E-state index >= 15 is 0 Å². The first-order valence-corrected chi connectivity index (χ1v) is 7.21. The van der Waals surface area contributed by atoms with Gasteiger partial charge >= 0.3 is 0 Å². The van der Waals surface area contributed by atoms with Crippen molar-refractivity contribution in [3.8, 4) is 11.5 Å². The number of rotatable bonds is 5. The van der Waals surface area contributed by atoms with Crippen LogP contribution >= 0.6 is 11.6 Å². The van der Waals surface area contributed by atoms with E-state index < -0.39 is 0 Å². The minimum Gasteiger partial charge on any atom is -0.444 e. The van der Waals surface area contributed by atoms with Gasteiger partial charge in [0.1, 0.15) is 35.1 Å². The molecular formula is C15H13ClFN5O. The molecule has 0 fully saturated rings. The summed E-state index contributed by atoms with van der Waals surface area (Å²) in [6, 6.07) is 5.96. The highest BCUT2D eigenvalue weighted by Gasteiger charge is 2.08. The number of halogens is 2. The predicted molar refractivity (Wildman–Crippen MR) is 85.5 cm³/mol. The van der Waals surface area contributed by atoms with Crippen molar-refractivity contribution >= 4 is 23.2 Å². The maximum absolute atomic E-state index is 12.9. The fraction of sp³-hybridized carbons (Fsp3) is 0.133. The Hall–Kier alpha value is -2.67. The molecular weight excluding hydrogens is 321 g/mol. The number of anilines is 2. The fourth-order valence-corrected chi connectivity index (χ4v) is 2.13. The second kappa shape index (κ2) is 6.62. The highest BCUT2D eigenvalue weighted by molar-refractivity contribution is 6.35. The Morgan fingerprint density at radius 2 is 2.00 bits per heavy atom. The van der Waals surface area contributed by atoms with Crippen molar-refractivity contribution in [3.63, 3.8) is 0 Å². The van der Waals surface area contributed by atoms with Crippen LogP contribution in [0.2, 0.25) is 5.02 Å². The largest absolute Gasteiger partial charge is 0.444 e. The molecule has 6 nitrogen and oxygen atoms in total. The van der Waals surface area contributed by atoms with Crippen LogP contribution in [0.4, 0.5) is 16.0 Å². The van der Waals surface area contributed by atoms with Crippen molar-refractivity contribution in [2.45, 2.75) is 6.42 Å². The lowest BCUT2D eigenvalue weighted by molar-refractivity contribution is 0.572. The van der Waals surface area contributed by atoms with E-state index in [4.69, 9.17) is 21.8 Å². The average molecular weight is 334 g/mol. The zero-order valence-corrected chi connectivity index (χ0v) is 12.7. The topological polar surface area (TPSA) is 89.9 Å². The second-order valence-electron chi connectivity index (χ2n) is 4.75. The maximum atomic E-state index is 12.9. The molecule has 1 aromatic carbocycles. The van der Waals surface area contributed by atoms with Gasteiger partial charge in [-0.3, -0.25) is 0 Å². The molecule has 0 aliphatic carbocycles. The van der Waals surface area contributed by atoms with Crippen molar-refractivity contribution in [3.05, 3.63) is 53.4 Å². The van der Waals surface area contributed by atoms with Crippen LogP contribution in [0.15, 0.2) is 41.3 Å². The molecule has 3 rings (SSSR count). The molecule has 0 atom stereocenters. The normalized spacial score (nSPS) is 10.7. The minimum atomic E-state index is -0.300. The number of nitrogens with zero attached hydrogens (tertiary/aromatic N) is 3. The third-order valence-electron chi connectivity index (χ3n) is 3.13. The van der Waals surface area contributed by atoms with Crippen molar-refractivity contribution in [1.29, 1.82) is 0 Å². The van der Waals surface area contributed by atoms with Crippen molar-refractivity contribution in [2.75, 3.05) is 17.6 Å². The SMILES string of the molecule is Nc1ncnc(NCCc2coc(-c3ccc(F)cc3)n2)c1Cl. The molecule has 118 valence electrons. The van der Waals surface area contributed by atoms with E-state index in [0.717, 1.165) is 11.3 Å². The summed E-state index contributed by atoms with van der Waals surface area (Å²) in [4.78, 5) is 12.2. The van der Waals surface area contributed by atoms with E-state index in [2.05, 4.69) is 20.3 Å². The van der Waals surface area contributed by atoms with E-state index in [-0.39, 0.29) is 11.6 Å². The highest BCUT2D eigenvalue weighted by Crippen LogP contribution is 2.23. The number of nitrogens with one attached hydrogen (secondary N) is 1. The van der Waals surface area contributed by atoms with E-state index in [1.807, 2.05) is 0 Å². The number of aromatic nitrogens is 3. The van der Waals surface area contributed by atoms with Gasteiger partial charge in [-0.05, 0) is 24.3 Å². The van der Waals surface area contributed by atoms with Crippen LogP contribution in [0, 0.1) is 5.82 Å². The molecule has 8 heteroatoms. The summed E-state index contributed by atoms with van der Waals surface area (Å²) >= 11 is 5.99. The lowest BCUT2D eigenvalue weighted by atomic mass is 10.2. The number of nitrogen functional groups attached to an aromatic ring is 1. The molecule has 0 amide bonds. The van der Waals surface area contributed by atoms with Crippen LogP contribution in [0.5, 0.6) is 0 Å². The molecule has 0 saturated heterocycles. The van der Waals surface area contributed by atoms with Gasteiger partial charge in [-0.25, -0.2) is 19.3 Å². The number of hydrogen-bond donors (Lipinski definition) is 2. The smallest absolute Gasteiger partial charge is 0.226 e.